The maximum absolute atomic E-state index is 12.2. The Morgan fingerprint density at radius 2 is 1.76 bits per heavy atom. The number of benzene rings is 1. The van der Waals surface area contributed by atoms with Crippen LogP contribution in [0, 0.1) is 0 Å². The van der Waals surface area contributed by atoms with Crippen LogP contribution in [-0.4, -0.2) is 41.3 Å². The second kappa shape index (κ2) is 8.21. The van der Waals surface area contributed by atoms with Gasteiger partial charge in [0.1, 0.15) is 0 Å². The van der Waals surface area contributed by atoms with Crippen molar-refractivity contribution in [1.29, 1.82) is 0 Å². The first-order chi connectivity index (χ1) is 9.94. The molecule has 0 aliphatic heterocycles. The topological polar surface area (TPSA) is 76.7 Å². The number of nitrogens with one attached hydrogen (secondary N) is 2. The van der Waals surface area contributed by atoms with Crippen molar-refractivity contribution in [3.63, 3.8) is 0 Å². The smallest absolute Gasteiger partial charge is 0.240 e. The van der Waals surface area contributed by atoms with Crippen LogP contribution in [0.5, 0.6) is 11.5 Å². The Balaban J connectivity index is 2.98. The summed E-state index contributed by atoms with van der Waals surface area (Å²) < 4.78 is 37.9. The van der Waals surface area contributed by atoms with Gasteiger partial charge in [-0.05, 0) is 40.0 Å². The molecule has 0 spiro atoms. The summed E-state index contributed by atoms with van der Waals surface area (Å²) in [5.74, 6) is 0.978. The van der Waals surface area contributed by atoms with Crippen molar-refractivity contribution < 1.29 is 17.9 Å². The van der Waals surface area contributed by atoms with E-state index in [1.54, 1.807) is 13.1 Å². The zero-order valence-electron chi connectivity index (χ0n) is 13.0. The van der Waals surface area contributed by atoms with Crippen LogP contribution < -0.4 is 19.5 Å². The van der Waals surface area contributed by atoms with Gasteiger partial charge in [-0.3, -0.25) is 0 Å². The third-order valence-electron chi connectivity index (χ3n) is 2.90. The van der Waals surface area contributed by atoms with Gasteiger partial charge in [0.05, 0.1) is 18.1 Å². The zero-order chi connectivity index (χ0) is 15.9. The first-order valence-corrected chi connectivity index (χ1v) is 8.49. The average Bonchev–Trinajstić information content (AvgIpc) is 2.47. The molecular formula is C14H24N2O4S. The fraction of sp³-hybridized carbons (Fsp3) is 0.571. The van der Waals surface area contributed by atoms with Gasteiger partial charge in [0.25, 0.3) is 0 Å². The average molecular weight is 316 g/mol. The summed E-state index contributed by atoms with van der Waals surface area (Å²) in [6.07, 6.45) is 0. The number of hydrogen-bond acceptors (Lipinski definition) is 5. The van der Waals surface area contributed by atoms with Gasteiger partial charge in [-0.2, -0.15) is 0 Å². The maximum atomic E-state index is 12.2. The molecule has 6 nitrogen and oxygen atoms in total. The van der Waals surface area contributed by atoms with Gasteiger partial charge >= 0.3 is 0 Å². The first-order valence-electron chi connectivity index (χ1n) is 7.01. The molecule has 120 valence electrons. The molecule has 0 heterocycles. The van der Waals surface area contributed by atoms with Crippen LogP contribution in [0.25, 0.3) is 0 Å². The molecule has 1 atom stereocenters. The third kappa shape index (κ3) is 5.18. The summed E-state index contributed by atoms with van der Waals surface area (Å²) in [5, 5.41) is 2.97. The van der Waals surface area contributed by atoms with Gasteiger partial charge in [-0.25, -0.2) is 13.1 Å². The predicted molar refractivity (Wildman–Crippen MR) is 82.5 cm³/mol. The minimum Gasteiger partial charge on any atom is -0.490 e. The molecule has 1 aromatic carbocycles. The lowest BCUT2D eigenvalue weighted by molar-refractivity contribution is 0.287. The first kappa shape index (κ1) is 17.7. The van der Waals surface area contributed by atoms with E-state index in [1.165, 1.54) is 12.1 Å². The third-order valence-corrected chi connectivity index (χ3v) is 4.32. The van der Waals surface area contributed by atoms with Gasteiger partial charge in [-0.15, -0.1) is 0 Å². The summed E-state index contributed by atoms with van der Waals surface area (Å²) in [5.41, 5.74) is 0. The Morgan fingerprint density at radius 3 is 2.33 bits per heavy atom. The van der Waals surface area contributed by atoms with Gasteiger partial charge in [0.2, 0.25) is 10.0 Å². The van der Waals surface area contributed by atoms with E-state index in [2.05, 4.69) is 10.0 Å². The van der Waals surface area contributed by atoms with Crippen molar-refractivity contribution in [1.82, 2.24) is 10.0 Å². The Kier molecular flexibility index (Phi) is 6.94. The molecule has 0 fully saturated rings. The molecule has 0 bridgehead atoms. The standard InChI is InChI=1S/C14H24N2O4S/c1-5-19-13-8-7-12(9-14(13)20-6-2)21(17,18)16-10-11(3)15-4/h7-9,11,15-16H,5-6,10H2,1-4H3. The lowest BCUT2D eigenvalue weighted by Gasteiger charge is -2.14. The fourth-order valence-electron chi connectivity index (χ4n) is 1.62. The van der Waals surface area contributed by atoms with E-state index in [0.717, 1.165) is 0 Å². The summed E-state index contributed by atoms with van der Waals surface area (Å²) in [7, 11) is -1.78. The molecule has 0 saturated heterocycles. The summed E-state index contributed by atoms with van der Waals surface area (Å²) >= 11 is 0. The summed E-state index contributed by atoms with van der Waals surface area (Å²) in [6.45, 7) is 6.84. The minimum atomic E-state index is -3.56. The molecule has 1 aromatic rings. The van der Waals surface area contributed by atoms with E-state index < -0.39 is 10.0 Å². The molecule has 0 aliphatic carbocycles. The van der Waals surface area contributed by atoms with E-state index in [4.69, 9.17) is 9.47 Å². The van der Waals surface area contributed by atoms with E-state index in [-0.39, 0.29) is 10.9 Å². The Morgan fingerprint density at radius 1 is 1.14 bits per heavy atom. The highest BCUT2D eigenvalue weighted by molar-refractivity contribution is 7.89. The molecular weight excluding hydrogens is 292 g/mol. The van der Waals surface area contributed by atoms with Gasteiger partial charge in [-0.1, -0.05) is 0 Å². The van der Waals surface area contributed by atoms with E-state index in [9.17, 15) is 8.42 Å². The largest absolute Gasteiger partial charge is 0.490 e. The van der Waals surface area contributed by atoms with E-state index in [1.807, 2.05) is 20.8 Å². The lowest BCUT2D eigenvalue weighted by Crippen LogP contribution is -2.37. The number of sulfonamides is 1. The predicted octanol–water partition coefficient (Wildman–Crippen LogP) is 1.37. The van der Waals surface area contributed by atoms with Crippen molar-refractivity contribution in [2.75, 3.05) is 26.8 Å². The Hall–Kier alpha value is -1.31. The highest BCUT2D eigenvalue weighted by atomic mass is 32.2. The quantitative estimate of drug-likeness (QED) is 0.719. The van der Waals surface area contributed by atoms with Crippen molar-refractivity contribution >= 4 is 10.0 Å². The fourth-order valence-corrected chi connectivity index (χ4v) is 2.76. The molecule has 0 aromatic heterocycles. The van der Waals surface area contributed by atoms with Crippen molar-refractivity contribution in [3.05, 3.63) is 18.2 Å². The van der Waals surface area contributed by atoms with E-state index in [0.29, 0.717) is 31.3 Å². The van der Waals surface area contributed by atoms with Crippen LogP contribution in [0.1, 0.15) is 20.8 Å². The molecule has 1 unspecified atom stereocenters. The van der Waals surface area contributed by atoms with Crippen LogP contribution >= 0.6 is 0 Å². The summed E-state index contributed by atoms with van der Waals surface area (Å²) in [6, 6.07) is 4.67. The minimum absolute atomic E-state index is 0.0498. The molecule has 0 saturated carbocycles. The number of hydrogen-bond donors (Lipinski definition) is 2. The SMILES string of the molecule is CCOc1ccc(S(=O)(=O)NCC(C)NC)cc1OCC. The highest BCUT2D eigenvalue weighted by Gasteiger charge is 2.17. The van der Waals surface area contributed by atoms with Crippen molar-refractivity contribution in [3.8, 4) is 11.5 Å². The lowest BCUT2D eigenvalue weighted by atomic mass is 10.3. The van der Waals surface area contributed by atoms with Crippen LogP contribution in [-0.2, 0) is 10.0 Å². The normalized spacial score (nSPS) is 13.0. The molecule has 21 heavy (non-hydrogen) atoms. The Labute approximate surface area is 126 Å². The second-order valence-corrected chi connectivity index (χ2v) is 6.28. The van der Waals surface area contributed by atoms with Gasteiger partial charge < -0.3 is 14.8 Å². The molecule has 2 N–H and O–H groups in total. The van der Waals surface area contributed by atoms with Crippen molar-refractivity contribution in [2.24, 2.45) is 0 Å². The molecule has 0 aliphatic rings. The van der Waals surface area contributed by atoms with Crippen LogP contribution in [0.4, 0.5) is 0 Å². The molecule has 1 rings (SSSR count). The number of likely N-dealkylation sites (N-methyl/N-ethyl adjacent to an activating group) is 1. The Bertz CT molecular complexity index is 546. The number of rotatable bonds is 9. The van der Waals surface area contributed by atoms with Gasteiger partial charge in [0, 0.05) is 18.7 Å². The molecule has 0 radical (unpaired) electrons. The number of ether oxygens (including phenoxy) is 2. The molecule has 0 amide bonds. The van der Waals surface area contributed by atoms with Crippen LogP contribution in [0.2, 0.25) is 0 Å². The highest BCUT2D eigenvalue weighted by Crippen LogP contribution is 2.30. The van der Waals surface area contributed by atoms with Crippen LogP contribution in [0.15, 0.2) is 23.1 Å². The summed E-state index contributed by atoms with van der Waals surface area (Å²) in [4.78, 5) is 0.165. The van der Waals surface area contributed by atoms with Crippen LogP contribution in [0.3, 0.4) is 0 Å². The molecule has 7 heteroatoms. The maximum Gasteiger partial charge on any atom is 0.240 e. The van der Waals surface area contributed by atoms with Gasteiger partial charge in [0.15, 0.2) is 11.5 Å². The monoisotopic (exact) mass is 316 g/mol. The van der Waals surface area contributed by atoms with E-state index >= 15 is 0 Å². The second-order valence-electron chi connectivity index (χ2n) is 4.52. The zero-order valence-corrected chi connectivity index (χ0v) is 13.8. The van der Waals surface area contributed by atoms with Crippen molar-refractivity contribution in [2.45, 2.75) is 31.7 Å².